The molecule has 0 radical (unpaired) electrons. The fourth-order valence-electron chi connectivity index (χ4n) is 1.48. The number of hydrogen-bond donors (Lipinski definition) is 2. The number of nitrogens with two attached hydrogens (primary N) is 1. The number of nitrogens with zero attached hydrogens (tertiary/aromatic N) is 3. The third-order valence-corrected chi connectivity index (χ3v) is 4.82. The van der Waals surface area contributed by atoms with E-state index < -0.39 is 10.0 Å². The van der Waals surface area contributed by atoms with Crippen molar-refractivity contribution in [3.8, 4) is 0 Å². The minimum atomic E-state index is -3.64. The number of aryl methyl sites for hydroxylation is 1. The molecule has 116 valence electrons. The van der Waals surface area contributed by atoms with E-state index in [4.69, 9.17) is 5.73 Å². The van der Waals surface area contributed by atoms with Gasteiger partial charge in [0, 0.05) is 24.8 Å². The topological polar surface area (TPSA) is 93.2 Å². The van der Waals surface area contributed by atoms with Crippen LogP contribution in [-0.2, 0) is 16.6 Å². The molecule has 8 heteroatoms. The Morgan fingerprint density at radius 2 is 2.05 bits per heavy atom. The summed E-state index contributed by atoms with van der Waals surface area (Å²) in [7, 11) is 0.169. The molecule has 0 aliphatic heterocycles. The molecule has 0 bridgehead atoms. The molecule has 1 aromatic rings. The summed E-state index contributed by atoms with van der Waals surface area (Å²) >= 11 is 0. The van der Waals surface area contributed by atoms with Crippen LogP contribution in [0, 0.1) is 0 Å². The van der Waals surface area contributed by atoms with E-state index in [1.807, 2.05) is 39.8 Å². The summed E-state index contributed by atoms with van der Waals surface area (Å²) in [5.74, 6) is 0.0357. The van der Waals surface area contributed by atoms with Gasteiger partial charge in [0.25, 0.3) is 0 Å². The van der Waals surface area contributed by atoms with E-state index in [1.165, 1.54) is 6.20 Å². The van der Waals surface area contributed by atoms with Crippen molar-refractivity contribution in [2.45, 2.75) is 44.2 Å². The van der Waals surface area contributed by atoms with Crippen LogP contribution in [0.4, 0.5) is 5.82 Å². The van der Waals surface area contributed by atoms with Crippen LogP contribution in [0.1, 0.15) is 27.2 Å². The lowest BCUT2D eigenvalue weighted by Gasteiger charge is -2.32. The van der Waals surface area contributed by atoms with Gasteiger partial charge in [0.05, 0.1) is 0 Å². The minimum absolute atomic E-state index is 0.0357. The molecule has 0 unspecified atom stereocenters. The van der Waals surface area contributed by atoms with E-state index in [9.17, 15) is 8.42 Å². The fraction of sp³-hybridized carbons (Fsp3) is 0.750. The smallest absolute Gasteiger partial charge is 0.245 e. The molecule has 7 nitrogen and oxygen atoms in total. The third-order valence-electron chi connectivity index (χ3n) is 3.40. The summed E-state index contributed by atoms with van der Waals surface area (Å²) in [6, 6.07) is 0. The molecule has 0 aliphatic carbocycles. The van der Waals surface area contributed by atoms with Crippen molar-refractivity contribution in [2.24, 2.45) is 0 Å². The monoisotopic (exact) mass is 303 g/mol. The average molecular weight is 303 g/mol. The largest absolute Gasteiger partial charge is 0.381 e. The highest BCUT2D eigenvalue weighted by molar-refractivity contribution is 7.89. The third kappa shape index (κ3) is 3.94. The van der Waals surface area contributed by atoms with Crippen LogP contribution >= 0.6 is 0 Å². The Kier molecular flexibility index (Phi) is 5.17. The van der Waals surface area contributed by atoms with Crippen molar-refractivity contribution >= 4 is 15.8 Å². The molecular formula is C12H25N5O2S. The van der Waals surface area contributed by atoms with Crippen LogP contribution < -0.4 is 10.5 Å². The lowest BCUT2D eigenvalue weighted by atomic mass is 10.1. The first kappa shape index (κ1) is 16.9. The van der Waals surface area contributed by atoms with E-state index in [2.05, 4.69) is 9.82 Å². The highest BCUT2D eigenvalue weighted by Gasteiger charge is 2.26. The van der Waals surface area contributed by atoms with E-state index >= 15 is 0 Å². The van der Waals surface area contributed by atoms with Crippen LogP contribution in [0.25, 0.3) is 0 Å². The Hall–Kier alpha value is -1.12. The normalized spacial score (nSPS) is 13.1. The Morgan fingerprint density at radius 1 is 1.45 bits per heavy atom. The summed E-state index contributed by atoms with van der Waals surface area (Å²) in [6.45, 7) is 6.84. The molecule has 1 rings (SSSR count). The van der Waals surface area contributed by atoms with Gasteiger partial charge in [0.15, 0.2) is 5.82 Å². The highest BCUT2D eigenvalue weighted by Crippen LogP contribution is 2.17. The van der Waals surface area contributed by atoms with Crippen molar-refractivity contribution < 1.29 is 8.42 Å². The van der Waals surface area contributed by atoms with E-state index in [0.29, 0.717) is 13.1 Å². The standard InChI is InChI=1S/C12H25N5O2S/c1-6-7-17-8-10(11(13)15-17)20(18,19)14-9-12(2,3)16(4)5/h8,14H,6-7,9H2,1-5H3,(H2,13,15). The lowest BCUT2D eigenvalue weighted by molar-refractivity contribution is 0.199. The highest BCUT2D eigenvalue weighted by atomic mass is 32.2. The molecule has 3 N–H and O–H groups in total. The Labute approximate surface area is 121 Å². The quantitative estimate of drug-likeness (QED) is 0.765. The molecule has 20 heavy (non-hydrogen) atoms. The van der Waals surface area contributed by atoms with E-state index in [-0.39, 0.29) is 16.3 Å². The number of sulfonamides is 1. The summed E-state index contributed by atoms with van der Waals surface area (Å²) in [4.78, 5) is 2.00. The van der Waals surface area contributed by atoms with Gasteiger partial charge in [0.2, 0.25) is 10.0 Å². The second-order valence-electron chi connectivity index (χ2n) is 5.67. The first-order chi connectivity index (χ1) is 9.10. The predicted octanol–water partition coefficient (Wildman–Crippen LogP) is 0.494. The van der Waals surface area contributed by atoms with Gasteiger partial charge in [-0.25, -0.2) is 13.1 Å². The van der Waals surface area contributed by atoms with Crippen LogP contribution in [-0.4, -0.2) is 49.3 Å². The summed E-state index contributed by atoms with van der Waals surface area (Å²) in [5, 5.41) is 4.01. The first-order valence-corrected chi connectivity index (χ1v) is 8.08. The number of likely N-dealkylation sites (N-methyl/N-ethyl adjacent to an activating group) is 1. The number of hydrogen-bond acceptors (Lipinski definition) is 5. The van der Waals surface area contributed by atoms with E-state index in [1.54, 1.807) is 4.68 Å². The number of rotatable bonds is 7. The molecule has 0 saturated carbocycles. The lowest BCUT2D eigenvalue weighted by Crippen LogP contribution is -2.48. The van der Waals surface area contributed by atoms with Gasteiger partial charge in [-0.2, -0.15) is 5.10 Å². The second-order valence-corrected chi connectivity index (χ2v) is 7.41. The Morgan fingerprint density at radius 3 is 2.55 bits per heavy atom. The molecule has 1 aromatic heterocycles. The zero-order valence-electron chi connectivity index (χ0n) is 12.8. The molecule has 0 amide bonds. The van der Waals surface area contributed by atoms with Gasteiger partial charge >= 0.3 is 0 Å². The van der Waals surface area contributed by atoms with Crippen molar-refractivity contribution in [3.63, 3.8) is 0 Å². The zero-order chi connectivity index (χ0) is 15.6. The number of nitrogens with one attached hydrogen (secondary N) is 1. The van der Waals surface area contributed by atoms with Gasteiger partial charge < -0.3 is 10.6 Å². The molecule has 0 saturated heterocycles. The second kappa shape index (κ2) is 6.11. The summed E-state index contributed by atoms with van der Waals surface area (Å²) in [5.41, 5.74) is 5.40. The maximum absolute atomic E-state index is 12.3. The van der Waals surface area contributed by atoms with Crippen LogP contribution in [0.5, 0.6) is 0 Å². The number of aromatic nitrogens is 2. The van der Waals surface area contributed by atoms with Crippen LogP contribution in [0.3, 0.4) is 0 Å². The number of nitrogen functional groups attached to an aromatic ring is 1. The first-order valence-electron chi connectivity index (χ1n) is 6.60. The fourth-order valence-corrected chi connectivity index (χ4v) is 2.75. The zero-order valence-corrected chi connectivity index (χ0v) is 13.7. The SMILES string of the molecule is CCCn1cc(S(=O)(=O)NCC(C)(C)N(C)C)c(N)n1. The molecule has 0 aromatic carbocycles. The van der Waals surface area contributed by atoms with E-state index in [0.717, 1.165) is 6.42 Å². The van der Waals surface area contributed by atoms with Gasteiger partial charge in [-0.05, 0) is 34.4 Å². The minimum Gasteiger partial charge on any atom is -0.381 e. The van der Waals surface area contributed by atoms with Gasteiger partial charge in [-0.1, -0.05) is 6.92 Å². The molecule has 0 fully saturated rings. The molecule has 0 aliphatic rings. The maximum Gasteiger partial charge on any atom is 0.245 e. The van der Waals surface area contributed by atoms with Gasteiger partial charge in [-0.15, -0.1) is 0 Å². The van der Waals surface area contributed by atoms with Crippen LogP contribution in [0.15, 0.2) is 11.1 Å². The summed E-state index contributed by atoms with van der Waals surface area (Å²) < 4.78 is 28.7. The predicted molar refractivity (Wildman–Crippen MR) is 79.9 cm³/mol. The van der Waals surface area contributed by atoms with Gasteiger partial charge in [0.1, 0.15) is 4.90 Å². The van der Waals surface area contributed by atoms with Crippen molar-refractivity contribution in [1.82, 2.24) is 19.4 Å². The number of anilines is 1. The molecular weight excluding hydrogens is 278 g/mol. The maximum atomic E-state index is 12.3. The van der Waals surface area contributed by atoms with Crippen molar-refractivity contribution in [1.29, 1.82) is 0 Å². The molecule has 0 atom stereocenters. The van der Waals surface area contributed by atoms with Crippen molar-refractivity contribution in [2.75, 3.05) is 26.4 Å². The van der Waals surface area contributed by atoms with Gasteiger partial charge in [-0.3, -0.25) is 4.68 Å². The Balaban J connectivity index is 2.89. The average Bonchev–Trinajstić information content (AvgIpc) is 2.69. The van der Waals surface area contributed by atoms with Crippen LogP contribution in [0.2, 0.25) is 0 Å². The molecule has 0 spiro atoms. The Bertz CT molecular complexity index is 548. The summed E-state index contributed by atoms with van der Waals surface area (Å²) in [6.07, 6.45) is 2.34. The van der Waals surface area contributed by atoms with Crippen molar-refractivity contribution in [3.05, 3.63) is 6.20 Å². The molecule has 1 heterocycles.